The largest absolute Gasteiger partial charge is 0.491 e. The van der Waals surface area contributed by atoms with Crippen LogP contribution in [0.4, 0.5) is 8.78 Å². The van der Waals surface area contributed by atoms with E-state index < -0.39 is 5.82 Å². The quantitative estimate of drug-likeness (QED) is 0.765. The van der Waals surface area contributed by atoms with E-state index in [0.29, 0.717) is 12.3 Å². The SMILES string of the molecule is O=C(CCOc1ccc(F)cc1Cl)N1CCCC1c1ccc(F)cc1. The van der Waals surface area contributed by atoms with Crippen LogP contribution in [0.2, 0.25) is 5.02 Å². The standard InChI is InChI=1S/C19H18ClF2NO2/c20-16-12-15(22)7-8-18(16)25-11-9-19(24)23-10-1-2-17(23)13-3-5-14(21)6-4-13/h3-8,12,17H,1-2,9-11H2. The van der Waals surface area contributed by atoms with Gasteiger partial charge in [0.2, 0.25) is 5.91 Å². The second-order valence-electron chi connectivity index (χ2n) is 5.97. The van der Waals surface area contributed by atoms with Crippen molar-refractivity contribution < 1.29 is 18.3 Å². The van der Waals surface area contributed by atoms with Gasteiger partial charge in [-0.25, -0.2) is 8.78 Å². The molecular formula is C19H18ClF2NO2. The topological polar surface area (TPSA) is 29.5 Å². The molecule has 3 rings (SSSR count). The normalized spacial score (nSPS) is 16.9. The summed E-state index contributed by atoms with van der Waals surface area (Å²) in [5.41, 5.74) is 0.940. The number of ether oxygens (including phenoxy) is 1. The third-order valence-corrected chi connectivity index (χ3v) is 4.59. The molecule has 1 amide bonds. The number of hydrogen-bond acceptors (Lipinski definition) is 2. The lowest BCUT2D eigenvalue weighted by atomic mass is 10.0. The summed E-state index contributed by atoms with van der Waals surface area (Å²) in [5, 5.41) is 0.179. The third kappa shape index (κ3) is 4.28. The lowest BCUT2D eigenvalue weighted by molar-refractivity contribution is -0.132. The van der Waals surface area contributed by atoms with Crippen molar-refractivity contribution in [2.75, 3.05) is 13.2 Å². The Morgan fingerprint density at radius 1 is 1.16 bits per heavy atom. The van der Waals surface area contributed by atoms with E-state index in [1.54, 1.807) is 12.1 Å². The molecule has 1 atom stereocenters. The molecule has 132 valence electrons. The van der Waals surface area contributed by atoms with Crippen LogP contribution in [-0.2, 0) is 4.79 Å². The zero-order valence-electron chi connectivity index (χ0n) is 13.6. The van der Waals surface area contributed by atoms with Gasteiger partial charge in [-0.15, -0.1) is 0 Å². The Balaban J connectivity index is 1.57. The van der Waals surface area contributed by atoms with Gasteiger partial charge in [-0.2, -0.15) is 0 Å². The summed E-state index contributed by atoms with van der Waals surface area (Å²) >= 11 is 5.90. The summed E-state index contributed by atoms with van der Waals surface area (Å²) in [6.45, 7) is 0.842. The molecular weight excluding hydrogens is 348 g/mol. The molecule has 1 aliphatic rings. The third-order valence-electron chi connectivity index (χ3n) is 4.30. The fourth-order valence-corrected chi connectivity index (χ4v) is 3.30. The first-order valence-corrected chi connectivity index (χ1v) is 8.55. The van der Waals surface area contributed by atoms with Gasteiger partial charge < -0.3 is 9.64 Å². The van der Waals surface area contributed by atoms with Gasteiger partial charge >= 0.3 is 0 Å². The Morgan fingerprint density at radius 2 is 1.88 bits per heavy atom. The Morgan fingerprint density at radius 3 is 2.60 bits per heavy atom. The van der Waals surface area contributed by atoms with E-state index in [1.165, 1.54) is 30.3 Å². The van der Waals surface area contributed by atoms with E-state index in [2.05, 4.69) is 0 Å². The van der Waals surface area contributed by atoms with Crippen molar-refractivity contribution in [3.05, 3.63) is 64.7 Å². The van der Waals surface area contributed by atoms with Crippen molar-refractivity contribution in [3.63, 3.8) is 0 Å². The minimum Gasteiger partial charge on any atom is -0.491 e. The Bertz CT molecular complexity index is 752. The van der Waals surface area contributed by atoms with E-state index >= 15 is 0 Å². The molecule has 0 saturated carbocycles. The summed E-state index contributed by atoms with van der Waals surface area (Å²) in [5.74, 6) is -0.394. The van der Waals surface area contributed by atoms with Crippen LogP contribution < -0.4 is 4.74 Å². The minimum absolute atomic E-state index is 0.0231. The number of nitrogens with zero attached hydrogens (tertiary/aromatic N) is 1. The summed E-state index contributed by atoms with van der Waals surface area (Å²) in [6.07, 6.45) is 1.98. The summed E-state index contributed by atoms with van der Waals surface area (Å²) < 4.78 is 31.6. The maximum absolute atomic E-state index is 13.1. The number of carbonyl (C=O) groups excluding carboxylic acids is 1. The molecule has 2 aromatic carbocycles. The van der Waals surface area contributed by atoms with Gasteiger partial charge in [-0.05, 0) is 48.7 Å². The van der Waals surface area contributed by atoms with Crippen LogP contribution in [0.3, 0.4) is 0 Å². The van der Waals surface area contributed by atoms with Gasteiger partial charge in [0.15, 0.2) is 0 Å². The van der Waals surface area contributed by atoms with Crippen molar-refractivity contribution in [2.45, 2.75) is 25.3 Å². The smallest absolute Gasteiger partial charge is 0.226 e. The van der Waals surface area contributed by atoms with Gasteiger partial charge in [0.25, 0.3) is 0 Å². The monoisotopic (exact) mass is 365 g/mol. The van der Waals surface area contributed by atoms with E-state index in [4.69, 9.17) is 16.3 Å². The number of carbonyl (C=O) groups is 1. The molecule has 0 aromatic heterocycles. The van der Waals surface area contributed by atoms with Crippen molar-refractivity contribution in [2.24, 2.45) is 0 Å². The fourth-order valence-electron chi connectivity index (χ4n) is 3.08. The highest BCUT2D eigenvalue weighted by Gasteiger charge is 2.29. The second kappa shape index (κ2) is 7.83. The molecule has 0 radical (unpaired) electrons. The maximum atomic E-state index is 13.1. The zero-order chi connectivity index (χ0) is 17.8. The molecule has 0 bridgehead atoms. The molecule has 1 fully saturated rings. The van der Waals surface area contributed by atoms with Crippen molar-refractivity contribution in [1.29, 1.82) is 0 Å². The lowest BCUT2D eigenvalue weighted by Gasteiger charge is -2.25. The summed E-state index contributed by atoms with van der Waals surface area (Å²) in [7, 11) is 0. The Labute approximate surface area is 150 Å². The lowest BCUT2D eigenvalue weighted by Crippen LogP contribution is -2.31. The molecule has 3 nitrogen and oxygen atoms in total. The van der Waals surface area contributed by atoms with Crippen LogP contribution in [0.5, 0.6) is 5.75 Å². The van der Waals surface area contributed by atoms with Crippen LogP contribution >= 0.6 is 11.6 Å². The van der Waals surface area contributed by atoms with Gasteiger partial charge in [0.05, 0.1) is 24.1 Å². The fraction of sp³-hybridized carbons (Fsp3) is 0.316. The first kappa shape index (κ1) is 17.7. The van der Waals surface area contributed by atoms with Crippen molar-refractivity contribution in [1.82, 2.24) is 4.90 Å². The van der Waals surface area contributed by atoms with E-state index in [1.807, 2.05) is 4.90 Å². The highest BCUT2D eigenvalue weighted by atomic mass is 35.5. The summed E-state index contributed by atoms with van der Waals surface area (Å²) in [4.78, 5) is 14.3. The van der Waals surface area contributed by atoms with Crippen LogP contribution in [0.25, 0.3) is 0 Å². The highest BCUT2D eigenvalue weighted by Crippen LogP contribution is 2.32. The van der Waals surface area contributed by atoms with Gasteiger partial charge in [0.1, 0.15) is 17.4 Å². The van der Waals surface area contributed by atoms with Crippen molar-refractivity contribution >= 4 is 17.5 Å². The number of hydrogen-bond donors (Lipinski definition) is 0. The Hall–Kier alpha value is -2.14. The van der Waals surface area contributed by atoms with Crippen molar-refractivity contribution in [3.8, 4) is 5.75 Å². The molecule has 1 unspecified atom stereocenters. The number of rotatable bonds is 5. The Kier molecular flexibility index (Phi) is 5.53. The molecule has 2 aromatic rings. The number of halogens is 3. The van der Waals surface area contributed by atoms with E-state index in [0.717, 1.165) is 18.4 Å². The molecule has 1 aliphatic heterocycles. The first-order valence-electron chi connectivity index (χ1n) is 8.17. The zero-order valence-corrected chi connectivity index (χ0v) is 14.3. The molecule has 0 aliphatic carbocycles. The van der Waals surface area contributed by atoms with Gasteiger partial charge in [-0.1, -0.05) is 23.7 Å². The predicted molar refractivity (Wildman–Crippen MR) is 91.6 cm³/mol. The van der Waals surface area contributed by atoms with Crippen LogP contribution in [-0.4, -0.2) is 24.0 Å². The second-order valence-corrected chi connectivity index (χ2v) is 6.38. The predicted octanol–water partition coefficient (Wildman–Crippen LogP) is 4.75. The highest BCUT2D eigenvalue weighted by molar-refractivity contribution is 6.32. The number of likely N-dealkylation sites (tertiary alicyclic amines) is 1. The average Bonchev–Trinajstić information content (AvgIpc) is 3.07. The molecule has 0 spiro atoms. The van der Waals surface area contributed by atoms with E-state index in [9.17, 15) is 13.6 Å². The van der Waals surface area contributed by atoms with Crippen LogP contribution in [0, 0.1) is 11.6 Å². The summed E-state index contributed by atoms with van der Waals surface area (Å²) in [6, 6.07) is 10.1. The van der Waals surface area contributed by atoms with Crippen LogP contribution in [0.15, 0.2) is 42.5 Å². The molecule has 25 heavy (non-hydrogen) atoms. The average molecular weight is 366 g/mol. The molecule has 1 saturated heterocycles. The molecule has 0 N–H and O–H groups in total. The van der Waals surface area contributed by atoms with Gasteiger partial charge in [0, 0.05) is 6.54 Å². The van der Waals surface area contributed by atoms with Crippen LogP contribution in [0.1, 0.15) is 30.9 Å². The van der Waals surface area contributed by atoms with E-state index in [-0.39, 0.29) is 35.8 Å². The first-order chi connectivity index (χ1) is 12.0. The number of benzene rings is 2. The molecule has 1 heterocycles. The molecule has 6 heteroatoms. The maximum Gasteiger partial charge on any atom is 0.226 e. The van der Waals surface area contributed by atoms with Gasteiger partial charge in [-0.3, -0.25) is 4.79 Å². The minimum atomic E-state index is -0.437. The number of amides is 1.